The van der Waals surface area contributed by atoms with Crippen molar-refractivity contribution in [3.63, 3.8) is 0 Å². The molecule has 4 heterocycles. The Kier molecular flexibility index (Phi) is 6.65. The molecule has 0 atom stereocenters. The Morgan fingerprint density at radius 2 is 1.97 bits per heavy atom. The fraction of sp³-hybridized carbons (Fsp3) is 0.542. The van der Waals surface area contributed by atoms with Crippen molar-refractivity contribution in [2.24, 2.45) is 0 Å². The van der Waals surface area contributed by atoms with E-state index in [-0.39, 0.29) is 11.9 Å². The van der Waals surface area contributed by atoms with Gasteiger partial charge in [-0.25, -0.2) is 9.97 Å². The van der Waals surface area contributed by atoms with Crippen LogP contribution in [0.25, 0.3) is 10.2 Å². The van der Waals surface area contributed by atoms with Crippen LogP contribution in [0, 0.1) is 0 Å². The van der Waals surface area contributed by atoms with E-state index < -0.39 is 5.60 Å². The molecule has 1 saturated carbocycles. The lowest BCUT2D eigenvalue weighted by atomic mass is 9.84. The summed E-state index contributed by atoms with van der Waals surface area (Å²) in [5, 5.41) is 24.4. The molecule has 2 fully saturated rings. The number of rotatable bonds is 6. The summed E-state index contributed by atoms with van der Waals surface area (Å²) in [6.07, 6.45) is 6.02. The minimum Gasteiger partial charge on any atom is -0.390 e. The van der Waals surface area contributed by atoms with E-state index in [1.54, 1.807) is 22.7 Å². The van der Waals surface area contributed by atoms with Crippen LogP contribution in [0.1, 0.15) is 66.5 Å². The van der Waals surface area contributed by atoms with Gasteiger partial charge in [-0.15, -0.1) is 22.7 Å². The van der Waals surface area contributed by atoms with Crippen molar-refractivity contribution in [1.82, 2.24) is 20.6 Å². The van der Waals surface area contributed by atoms with Crippen molar-refractivity contribution in [3.8, 4) is 0 Å². The van der Waals surface area contributed by atoms with Crippen LogP contribution in [0.5, 0.6) is 0 Å². The molecule has 1 saturated heterocycles. The number of carbonyl (C=O) groups is 1. The third kappa shape index (κ3) is 5.54. The molecule has 7 nitrogen and oxygen atoms in total. The monoisotopic (exact) mass is 485 g/mol. The number of carbonyl (C=O) groups excluding carboxylic acids is 1. The maximum Gasteiger partial charge on any atom is 0.252 e. The smallest absolute Gasteiger partial charge is 0.252 e. The molecule has 5 rings (SSSR count). The standard InChI is InChI=1S/C24H31N5O2S2/c1-24(31)7-2-16(3-8-24)26-22-21-19(6-11-32-21)28-20(29-22)13-18-12-15(14-33-18)23(30)27-17-4-9-25-10-5-17/h6,11-12,14,16-17,25,31H,2-5,7-10,13H2,1H3,(H,27,30)(H,26,28,29). The predicted octanol–water partition coefficient (Wildman–Crippen LogP) is 3.93. The maximum absolute atomic E-state index is 12.7. The predicted molar refractivity (Wildman–Crippen MR) is 134 cm³/mol. The Bertz CT molecular complexity index is 1110. The van der Waals surface area contributed by atoms with Crippen LogP contribution >= 0.6 is 22.7 Å². The summed E-state index contributed by atoms with van der Waals surface area (Å²) in [5.74, 6) is 1.66. The third-order valence-electron chi connectivity index (χ3n) is 6.68. The Labute approximate surface area is 202 Å². The molecule has 0 radical (unpaired) electrons. The molecule has 3 aromatic rings. The number of fused-ring (bicyclic) bond motifs is 1. The van der Waals surface area contributed by atoms with E-state index in [9.17, 15) is 9.90 Å². The molecular formula is C24H31N5O2S2. The minimum atomic E-state index is -0.551. The van der Waals surface area contributed by atoms with E-state index in [0.717, 1.165) is 83.9 Å². The van der Waals surface area contributed by atoms with Gasteiger partial charge in [0.1, 0.15) is 11.6 Å². The highest BCUT2D eigenvalue weighted by Crippen LogP contribution is 2.32. The number of piperidine rings is 1. The average Bonchev–Trinajstić information content (AvgIpc) is 3.46. The van der Waals surface area contributed by atoms with Gasteiger partial charge in [0.25, 0.3) is 5.91 Å². The number of nitrogens with one attached hydrogen (secondary N) is 3. The molecule has 0 aromatic carbocycles. The van der Waals surface area contributed by atoms with Crippen molar-refractivity contribution in [1.29, 1.82) is 0 Å². The zero-order valence-corrected chi connectivity index (χ0v) is 20.5. The van der Waals surface area contributed by atoms with Crippen LogP contribution in [-0.2, 0) is 6.42 Å². The lowest BCUT2D eigenvalue weighted by Gasteiger charge is -2.33. The van der Waals surface area contributed by atoms with Gasteiger partial charge >= 0.3 is 0 Å². The highest BCUT2D eigenvalue weighted by atomic mass is 32.1. The quantitative estimate of drug-likeness (QED) is 0.422. The molecule has 2 aliphatic rings. The van der Waals surface area contributed by atoms with Gasteiger partial charge in [0, 0.05) is 28.8 Å². The van der Waals surface area contributed by atoms with Gasteiger partial charge in [0.05, 0.1) is 21.4 Å². The van der Waals surface area contributed by atoms with Crippen LogP contribution in [0.3, 0.4) is 0 Å². The normalized spacial score (nSPS) is 24.1. The second-order valence-corrected chi connectivity index (χ2v) is 11.4. The summed E-state index contributed by atoms with van der Waals surface area (Å²) < 4.78 is 1.07. The van der Waals surface area contributed by atoms with Crippen LogP contribution < -0.4 is 16.0 Å². The molecule has 1 aliphatic heterocycles. The first-order valence-electron chi connectivity index (χ1n) is 11.8. The van der Waals surface area contributed by atoms with Crippen LogP contribution in [-0.4, -0.2) is 51.8 Å². The molecule has 9 heteroatoms. The van der Waals surface area contributed by atoms with E-state index in [1.807, 2.05) is 29.8 Å². The number of hydrogen-bond donors (Lipinski definition) is 4. The SMILES string of the molecule is CC1(O)CCC(Nc2nc(Cc3cc(C(=O)NC4CCNCC4)cs3)nc3ccsc23)CC1. The van der Waals surface area contributed by atoms with Gasteiger partial charge in [0.15, 0.2) is 0 Å². The lowest BCUT2D eigenvalue weighted by Crippen LogP contribution is -2.42. The number of thiophene rings is 2. The molecule has 33 heavy (non-hydrogen) atoms. The number of aliphatic hydroxyl groups is 1. The fourth-order valence-electron chi connectivity index (χ4n) is 4.65. The fourth-order valence-corrected chi connectivity index (χ4v) is 6.29. The minimum absolute atomic E-state index is 0.00847. The van der Waals surface area contributed by atoms with Crippen LogP contribution in [0.4, 0.5) is 5.82 Å². The molecule has 1 amide bonds. The molecule has 3 aromatic heterocycles. The van der Waals surface area contributed by atoms with Crippen molar-refractivity contribution >= 4 is 44.6 Å². The van der Waals surface area contributed by atoms with Gasteiger partial charge in [-0.2, -0.15) is 0 Å². The first-order chi connectivity index (χ1) is 15.9. The zero-order chi connectivity index (χ0) is 22.8. The second-order valence-electron chi connectivity index (χ2n) is 9.52. The van der Waals surface area contributed by atoms with Crippen molar-refractivity contribution < 1.29 is 9.90 Å². The Balaban J connectivity index is 1.28. The van der Waals surface area contributed by atoms with Gasteiger partial charge < -0.3 is 21.1 Å². The van der Waals surface area contributed by atoms with Gasteiger partial charge in [-0.1, -0.05) is 0 Å². The molecule has 176 valence electrons. The second kappa shape index (κ2) is 9.66. The van der Waals surface area contributed by atoms with Gasteiger partial charge in [-0.3, -0.25) is 4.79 Å². The Hall–Kier alpha value is -2.07. The van der Waals surface area contributed by atoms with Crippen LogP contribution in [0.15, 0.2) is 22.9 Å². The number of hydrogen-bond acceptors (Lipinski definition) is 8. The van der Waals surface area contributed by atoms with E-state index in [1.165, 1.54) is 0 Å². The van der Waals surface area contributed by atoms with Gasteiger partial charge in [0.2, 0.25) is 0 Å². The van der Waals surface area contributed by atoms with Crippen LogP contribution in [0.2, 0.25) is 0 Å². The Morgan fingerprint density at radius 3 is 2.76 bits per heavy atom. The maximum atomic E-state index is 12.7. The summed E-state index contributed by atoms with van der Waals surface area (Å²) in [6.45, 7) is 3.84. The van der Waals surface area contributed by atoms with Gasteiger partial charge in [-0.05, 0) is 76.1 Å². The Morgan fingerprint density at radius 1 is 1.18 bits per heavy atom. The average molecular weight is 486 g/mol. The summed E-state index contributed by atoms with van der Waals surface area (Å²) in [5.41, 5.74) is 1.12. The molecular weight excluding hydrogens is 454 g/mol. The highest BCUT2D eigenvalue weighted by molar-refractivity contribution is 7.17. The summed E-state index contributed by atoms with van der Waals surface area (Å²) in [7, 11) is 0. The number of aromatic nitrogens is 2. The van der Waals surface area contributed by atoms with Crippen molar-refractivity contribution in [3.05, 3.63) is 39.2 Å². The molecule has 0 unspecified atom stereocenters. The summed E-state index contributed by atoms with van der Waals surface area (Å²) in [6, 6.07) is 4.57. The lowest BCUT2D eigenvalue weighted by molar-refractivity contribution is 0.0196. The van der Waals surface area contributed by atoms with Crippen molar-refractivity contribution in [2.75, 3.05) is 18.4 Å². The van der Waals surface area contributed by atoms with E-state index >= 15 is 0 Å². The number of nitrogens with zero attached hydrogens (tertiary/aromatic N) is 2. The van der Waals surface area contributed by atoms with E-state index in [2.05, 4.69) is 16.0 Å². The first kappa shape index (κ1) is 22.7. The van der Waals surface area contributed by atoms with E-state index in [0.29, 0.717) is 12.5 Å². The summed E-state index contributed by atoms with van der Waals surface area (Å²) in [4.78, 5) is 23.4. The number of anilines is 1. The molecule has 4 N–H and O–H groups in total. The largest absolute Gasteiger partial charge is 0.390 e. The topological polar surface area (TPSA) is 99.2 Å². The molecule has 1 aliphatic carbocycles. The third-order valence-corrected chi connectivity index (χ3v) is 8.52. The van der Waals surface area contributed by atoms with E-state index in [4.69, 9.17) is 9.97 Å². The molecule has 0 spiro atoms. The summed E-state index contributed by atoms with van der Waals surface area (Å²) >= 11 is 3.23. The highest BCUT2D eigenvalue weighted by Gasteiger charge is 2.29. The molecule has 0 bridgehead atoms. The zero-order valence-electron chi connectivity index (χ0n) is 18.9. The number of amides is 1. The first-order valence-corrected chi connectivity index (χ1v) is 13.5. The van der Waals surface area contributed by atoms with Crippen molar-refractivity contribution in [2.45, 2.75) is 69.6 Å².